The van der Waals surface area contributed by atoms with Gasteiger partial charge in [-0.25, -0.2) is 4.79 Å². The fourth-order valence-electron chi connectivity index (χ4n) is 1.78. The molecule has 0 aromatic rings. The Morgan fingerprint density at radius 2 is 1.81 bits per heavy atom. The molecule has 5 heteroatoms. The summed E-state index contributed by atoms with van der Waals surface area (Å²) in [5.41, 5.74) is -0.529. The van der Waals surface area contributed by atoms with Crippen LogP contribution in [0.15, 0.2) is 0 Å². The molecule has 0 aliphatic rings. The second kappa shape index (κ2) is 6.70. The number of aliphatic hydroxyl groups excluding tert-OH is 2. The molecule has 0 aromatic heterocycles. The van der Waals surface area contributed by atoms with Gasteiger partial charge in [-0.1, -0.05) is 0 Å². The van der Waals surface area contributed by atoms with E-state index < -0.39 is 17.7 Å². The number of unbranched alkanes of at least 4 members (excludes halogenated alkanes) is 1. The van der Waals surface area contributed by atoms with E-state index in [4.69, 9.17) is 10.2 Å². The molecule has 0 bridgehead atoms. The highest BCUT2D eigenvalue weighted by atomic mass is 16.4. The molecule has 0 aliphatic heterocycles. The van der Waals surface area contributed by atoms with Crippen molar-refractivity contribution in [3.63, 3.8) is 0 Å². The second-order valence-corrected chi connectivity index (χ2v) is 4.88. The maximum Gasteiger partial charge on any atom is 0.408 e. The lowest BCUT2D eigenvalue weighted by Gasteiger charge is -2.39. The molecule has 0 rings (SSSR count). The lowest BCUT2D eigenvalue weighted by molar-refractivity contribution is 0.0417. The minimum absolute atomic E-state index is 0.0980. The number of amides is 1. The van der Waals surface area contributed by atoms with Crippen molar-refractivity contribution in [3.8, 4) is 0 Å². The smallest absolute Gasteiger partial charge is 0.408 e. The van der Waals surface area contributed by atoms with Gasteiger partial charge < -0.3 is 15.3 Å². The van der Waals surface area contributed by atoms with E-state index in [1.807, 2.05) is 0 Å². The fraction of sp³-hybridized carbons (Fsp3) is 0.909. The minimum Gasteiger partial charge on any atom is -0.465 e. The number of carbonyl (C=O) groups is 1. The summed E-state index contributed by atoms with van der Waals surface area (Å²) in [7, 11) is 0. The van der Waals surface area contributed by atoms with Crippen LogP contribution < -0.4 is 0 Å². The molecule has 0 saturated heterocycles. The first-order chi connectivity index (χ1) is 7.34. The summed E-state index contributed by atoms with van der Waals surface area (Å²) in [5, 5.41) is 27.0. The van der Waals surface area contributed by atoms with E-state index in [-0.39, 0.29) is 13.2 Å². The summed E-state index contributed by atoms with van der Waals surface area (Å²) in [6, 6.07) is -0.399. The molecule has 0 fully saturated rings. The molecule has 96 valence electrons. The van der Waals surface area contributed by atoms with E-state index in [1.54, 1.807) is 20.8 Å². The van der Waals surface area contributed by atoms with Crippen LogP contribution in [0.2, 0.25) is 0 Å². The summed E-state index contributed by atoms with van der Waals surface area (Å²) in [6.07, 6.45) is 0.895. The predicted molar refractivity (Wildman–Crippen MR) is 61.4 cm³/mol. The van der Waals surface area contributed by atoms with Crippen LogP contribution in [0.1, 0.15) is 40.0 Å². The summed E-state index contributed by atoms with van der Waals surface area (Å²) >= 11 is 0. The Labute approximate surface area is 96.7 Å². The molecule has 0 unspecified atom stereocenters. The van der Waals surface area contributed by atoms with Crippen LogP contribution in [-0.2, 0) is 0 Å². The average molecular weight is 233 g/mol. The van der Waals surface area contributed by atoms with Crippen LogP contribution in [-0.4, -0.2) is 51.1 Å². The van der Waals surface area contributed by atoms with Gasteiger partial charge in [-0.3, -0.25) is 4.90 Å². The van der Waals surface area contributed by atoms with E-state index in [9.17, 15) is 9.90 Å². The maximum atomic E-state index is 11.1. The molecule has 0 radical (unpaired) electrons. The van der Waals surface area contributed by atoms with Crippen molar-refractivity contribution in [2.45, 2.75) is 51.6 Å². The van der Waals surface area contributed by atoms with Gasteiger partial charge >= 0.3 is 6.09 Å². The minimum atomic E-state index is -1.02. The van der Waals surface area contributed by atoms with Gasteiger partial charge in [-0.2, -0.15) is 0 Å². The van der Waals surface area contributed by atoms with Crippen molar-refractivity contribution in [1.82, 2.24) is 4.90 Å². The summed E-state index contributed by atoms with van der Waals surface area (Å²) in [4.78, 5) is 12.4. The van der Waals surface area contributed by atoms with Crippen LogP contribution in [0.25, 0.3) is 0 Å². The molecular formula is C11H23NO4. The van der Waals surface area contributed by atoms with Gasteiger partial charge in [0.2, 0.25) is 0 Å². The Morgan fingerprint density at radius 3 is 2.12 bits per heavy atom. The molecule has 16 heavy (non-hydrogen) atoms. The number of aliphatic hydroxyl groups is 2. The first kappa shape index (κ1) is 15.2. The van der Waals surface area contributed by atoms with Gasteiger partial charge in [-0.15, -0.1) is 0 Å². The van der Waals surface area contributed by atoms with Gasteiger partial charge in [0, 0.05) is 12.1 Å². The SMILES string of the molecule is CC(C)(C)N(C(=O)O)[C@H](CO)CCCCO. The summed E-state index contributed by atoms with van der Waals surface area (Å²) in [6.45, 7) is 5.32. The average Bonchev–Trinajstić information content (AvgIpc) is 2.13. The third-order valence-corrected chi connectivity index (χ3v) is 2.45. The van der Waals surface area contributed by atoms with E-state index in [2.05, 4.69) is 0 Å². The van der Waals surface area contributed by atoms with Gasteiger partial charge in [0.25, 0.3) is 0 Å². The highest BCUT2D eigenvalue weighted by Gasteiger charge is 2.32. The zero-order chi connectivity index (χ0) is 12.8. The van der Waals surface area contributed by atoms with Crippen LogP contribution in [0.3, 0.4) is 0 Å². The van der Waals surface area contributed by atoms with Crippen molar-refractivity contribution in [1.29, 1.82) is 0 Å². The van der Waals surface area contributed by atoms with Gasteiger partial charge in [0.1, 0.15) is 0 Å². The van der Waals surface area contributed by atoms with Gasteiger partial charge in [0.15, 0.2) is 0 Å². The van der Waals surface area contributed by atoms with Gasteiger partial charge in [-0.05, 0) is 40.0 Å². The number of hydrogen-bond donors (Lipinski definition) is 3. The maximum absolute atomic E-state index is 11.1. The Morgan fingerprint density at radius 1 is 1.25 bits per heavy atom. The monoisotopic (exact) mass is 233 g/mol. The van der Waals surface area contributed by atoms with Crippen molar-refractivity contribution < 1.29 is 20.1 Å². The van der Waals surface area contributed by atoms with Crippen molar-refractivity contribution in [2.24, 2.45) is 0 Å². The highest BCUT2D eigenvalue weighted by molar-refractivity contribution is 5.66. The lowest BCUT2D eigenvalue weighted by atomic mass is 10.0. The lowest BCUT2D eigenvalue weighted by Crippen LogP contribution is -2.52. The molecule has 0 aromatic carbocycles. The Kier molecular flexibility index (Phi) is 6.36. The Hall–Kier alpha value is -0.810. The van der Waals surface area contributed by atoms with E-state index in [0.29, 0.717) is 19.3 Å². The molecule has 0 heterocycles. The van der Waals surface area contributed by atoms with Crippen LogP contribution in [0.4, 0.5) is 4.79 Å². The highest BCUT2D eigenvalue weighted by Crippen LogP contribution is 2.20. The van der Waals surface area contributed by atoms with Crippen LogP contribution in [0.5, 0.6) is 0 Å². The second-order valence-electron chi connectivity index (χ2n) is 4.88. The number of hydrogen-bond acceptors (Lipinski definition) is 3. The molecule has 1 amide bonds. The topological polar surface area (TPSA) is 81.0 Å². The van der Waals surface area contributed by atoms with Crippen LogP contribution in [0, 0.1) is 0 Å². The molecule has 0 aliphatic carbocycles. The number of nitrogens with zero attached hydrogens (tertiary/aromatic N) is 1. The quantitative estimate of drug-likeness (QED) is 0.604. The normalized spacial score (nSPS) is 13.6. The molecule has 1 atom stereocenters. The predicted octanol–water partition coefficient (Wildman–Crippen LogP) is 1.29. The fourth-order valence-corrected chi connectivity index (χ4v) is 1.78. The molecule has 3 N–H and O–H groups in total. The van der Waals surface area contributed by atoms with Crippen molar-refractivity contribution >= 4 is 6.09 Å². The van der Waals surface area contributed by atoms with E-state index in [1.165, 1.54) is 4.90 Å². The van der Waals surface area contributed by atoms with Crippen molar-refractivity contribution in [2.75, 3.05) is 13.2 Å². The summed E-state index contributed by atoms with van der Waals surface area (Å²) < 4.78 is 0. The third kappa shape index (κ3) is 4.81. The largest absolute Gasteiger partial charge is 0.465 e. The van der Waals surface area contributed by atoms with E-state index in [0.717, 1.165) is 0 Å². The molecule has 5 nitrogen and oxygen atoms in total. The first-order valence-corrected chi connectivity index (χ1v) is 5.58. The Balaban J connectivity index is 4.54. The first-order valence-electron chi connectivity index (χ1n) is 5.58. The number of carboxylic acid groups (broad SMARTS) is 1. The molecule has 0 saturated carbocycles. The zero-order valence-corrected chi connectivity index (χ0v) is 10.3. The molecular weight excluding hydrogens is 210 g/mol. The van der Waals surface area contributed by atoms with E-state index >= 15 is 0 Å². The standard InChI is InChI=1S/C11H23NO4/c1-11(2,3)12(10(15)16)9(8-14)6-4-5-7-13/h9,13-14H,4-8H2,1-3H3,(H,15,16)/t9-/m0/s1. The third-order valence-electron chi connectivity index (χ3n) is 2.45. The zero-order valence-electron chi connectivity index (χ0n) is 10.3. The summed E-state index contributed by atoms with van der Waals surface area (Å²) in [5.74, 6) is 0. The van der Waals surface area contributed by atoms with Crippen LogP contribution >= 0.6 is 0 Å². The van der Waals surface area contributed by atoms with Gasteiger partial charge in [0.05, 0.1) is 12.6 Å². The van der Waals surface area contributed by atoms with Crippen molar-refractivity contribution in [3.05, 3.63) is 0 Å². The Bertz CT molecular complexity index is 213. The number of rotatable bonds is 6. The molecule has 0 spiro atoms.